The van der Waals surface area contributed by atoms with Crippen molar-refractivity contribution in [3.8, 4) is 5.75 Å². The van der Waals surface area contributed by atoms with Crippen LogP contribution in [0.2, 0.25) is 0 Å². The Labute approximate surface area is 123 Å². The third-order valence-corrected chi connectivity index (χ3v) is 3.60. The van der Waals surface area contributed by atoms with E-state index in [0.29, 0.717) is 12.4 Å². The minimum absolute atomic E-state index is 0.631. The van der Waals surface area contributed by atoms with Crippen molar-refractivity contribution in [2.24, 2.45) is 5.84 Å². The Morgan fingerprint density at radius 3 is 2.90 bits per heavy atom. The fourth-order valence-electron chi connectivity index (χ4n) is 2.43. The van der Waals surface area contributed by atoms with Crippen LogP contribution in [0.15, 0.2) is 30.3 Å². The van der Waals surface area contributed by atoms with Crippen LogP contribution in [-0.2, 0) is 4.74 Å². The van der Waals surface area contributed by atoms with E-state index in [-0.39, 0.29) is 0 Å². The van der Waals surface area contributed by atoms with Crippen molar-refractivity contribution in [1.29, 1.82) is 0 Å². The highest BCUT2D eigenvalue weighted by Gasteiger charge is 2.10. The summed E-state index contributed by atoms with van der Waals surface area (Å²) in [6.07, 6.45) is 0. The Bertz CT molecular complexity index is 599. The smallest absolute Gasteiger partial charge is 0.145 e. The van der Waals surface area contributed by atoms with Crippen molar-refractivity contribution >= 4 is 16.7 Å². The summed E-state index contributed by atoms with van der Waals surface area (Å²) < 4.78 is 11.2. The van der Waals surface area contributed by atoms with E-state index in [2.05, 4.69) is 15.3 Å². The zero-order valence-electron chi connectivity index (χ0n) is 11.9. The molecular weight excluding hydrogens is 268 g/mol. The number of aromatic nitrogens is 1. The van der Waals surface area contributed by atoms with Gasteiger partial charge in [-0.25, -0.2) is 10.8 Å². The van der Waals surface area contributed by atoms with Crippen molar-refractivity contribution in [2.75, 3.05) is 44.9 Å². The fraction of sp³-hybridized carbons (Fsp3) is 0.400. The summed E-state index contributed by atoms with van der Waals surface area (Å²) in [5.74, 6) is 6.84. The summed E-state index contributed by atoms with van der Waals surface area (Å²) in [4.78, 5) is 6.81. The molecular formula is C15H20N4O2. The highest BCUT2D eigenvalue weighted by molar-refractivity contribution is 5.85. The molecule has 1 aliphatic rings. The minimum Gasteiger partial charge on any atom is -0.490 e. The number of para-hydroxylation sites is 1. The molecule has 1 aromatic carbocycles. The molecule has 2 aromatic rings. The second kappa shape index (κ2) is 6.71. The van der Waals surface area contributed by atoms with Crippen LogP contribution in [0.3, 0.4) is 0 Å². The number of morpholine rings is 1. The lowest BCUT2D eigenvalue weighted by Gasteiger charge is -2.26. The normalized spacial score (nSPS) is 16.0. The lowest BCUT2D eigenvalue weighted by molar-refractivity contribution is 0.0323. The molecule has 1 fully saturated rings. The zero-order valence-corrected chi connectivity index (χ0v) is 11.9. The van der Waals surface area contributed by atoms with Crippen molar-refractivity contribution in [1.82, 2.24) is 9.88 Å². The van der Waals surface area contributed by atoms with E-state index in [9.17, 15) is 0 Å². The molecule has 0 radical (unpaired) electrons. The molecule has 3 rings (SSSR count). The molecule has 2 heterocycles. The number of ether oxygens (including phenoxy) is 2. The van der Waals surface area contributed by atoms with Gasteiger partial charge in [-0.2, -0.15) is 0 Å². The monoisotopic (exact) mass is 288 g/mol. The first kappa shape index (κ1) is 14.1. The third-order valence-electron chi connectivity index (χ3n) is 3.60. The van der Waals surface area contributed by atoms with Gasteiger partial charge in [-0.05, 0) is 18.2 Å². The molecule has 0 aliphatic carbocycles. The van der Waals surface area contributed by atoms with E-state index in [1.165, 1.54) is 0 Å². The SMILES string of the molecule is NNc1ccc2cccc(OCCN3CCOCC3)c2n1. The highest BCUT2D eigenvalue weighted by atomic mass is 16.5. The summed E-state index contributed by atoms with van der Waals surface area (Å²) >= 11 is 0. The molecule has 0 spiro atoms. The average molecular weight is 288 g/mol. The number of anilines is 1. The predicted molar refractivity (Wildman–Crippen MR) is 82.3 cm³/mol. The van der Waals surface area contributed by atoms with Crippen molar-refractivity contribution in [3.63, 3.8) is 0 Å². The van der Waals surface area contributed by atoms with E-state index in [4.69, 9.17) is 15.3 Å². The number of benzene rings is 1. The van der Waals surface area contributed by atoms with Gasteiger partial charge < -0.3 is 14.9 Å². The van der Waals surface area contributed by atoms with Gasteiger partial charge in [0.15, 0.2) is 0 Å². The summed E-state index contributed by atoms with van der Waals surface area (Å²) in [6.45, 7) is 5.09. The van der Waals surface area contributed by atoms with Crippen LogP contribution in [0, 0.1) is 0 Å². The van der Waals surface area contributed by atoms with Crippen LogP contribution in [0.5, 0.6) is 5.75 Å². The van der Waals surface area contributed by atoms with Crippen molar-refractivity contribution in [3.05, 3.63) is 30.3 Å². The van der Waals surface area contributed by atoms with Crippen LogP contribution in [0.1, 0.15) is 0 Å². The van der Waals surface area contributed by atoms with E-state index >= 15 is 0 Å². The van der Waals surface area contributed by atoms with Crippen molar-refractivity contribution < 1.29 is 9.47 Å². The largest absolute Gasteiger partial charge is 0.490 e. The Morgan fingerprint density at radius 2 is 2.10 bits per heavy atom. The third kappa shape index (κ3) is 3.41. The van der Waals surface area contributed by atoms with Gasteiger partial charge in [-0.15, -0.1) is 0 Å². The maximum atomic E-state index is 5.91. The lowest BCUT2D eigenvalue weighted by Crippen LogP contribution is -2.38. The molecule has 1 aliphatic heterocycles. The number of hydrazine groups is 1. The fourth-order valence-corrected chi connectivity index (χ4v) is 2.43. The number of nitrogens with zero attached hydrogens (tertiary/aromatic N) is 2. The van der Waals surface area contributed by atoms with Gasteiger partial charge in [0.05, 0.1) is 13.2 Å². The second-order valence-corrected chi connectivity index (χ2v) is 4.97. The van der Waals surface area contributed by atoms with Crippen LogP contribution >= 0.6 is 0 Å². The van der Waals surface area contributed by atoms with Crippen LogP contribution in [-0.4, -0.2) is 49.3 Å². The summed E-state index contributed by atoms with van der Waals surface area (Å²) in [5.41, 5.74) is 3.39. The number of nitrogens with two attached hydrogens (primary N) is 1. The van der Waals surface area contributed by atoms with E-state index < -0.39 is 0 Å². The first-order valence-electron chi connectivity index (χ1n) is 7.16. The zero-order chi connectivity index (χ0) is 14.5. The van der Waals surface area contributed by atoms with Gasteiger partial charge in [0.2, 0.25) is 0 Å². The molecule has 0 saturated carbocycles. The van der Waals surface area contributed by atoms with E-state index in [1.807, 2.05) is 30.3 Å². The van der Waals surface area contributed by atoms with Gasteiger partial charge in [-0.1, -0.05) is 12.1 Å². The van der Waals surface area contributed by atoms with Crippen LogP contribution < -0.4 is 16.0 Å². The quantitative estimate of drug-likeness (QED) is 0.637. The highest BCUT2D eigenvalue weighted by Crippen LogP contribution is 2.25. The molecule has 3 N–H and O–H groups in total. The lowest BCUT2D eigenvalue weighted by atomic mass is 10.2. The number of fused-ring (bicyclic) bond motifs is 1. The van der Waals surface area contributed by atoms with Gasteiger partial charge >= 0.3 is 0 Å². The Kier molecular flexibility index (Phi) is 4.49. The molecule has 21 heavy (non-hydrogen) atoms. The standard InChI is InChI=1S/C15H20N4O2/c16-18-14-5-4-12-2-1-3-13(15(12)17-14)21-11-8-19-6-9-20-10-7-19/h1-5H,6-11,16H2,(H,17,18). The molecule has 0 atom stereocenters. The Balaban J connectivity index is 1.68. The molecule has 1 saturated heterocycles. The number of nitrogen functional groups attached to an aromatic ring is 1. The summed E-state index contributed by atoms with van der Waals surface area (Å²) in [5, 5.41) is 1.04. The summed E-state index contributed by atoms with van der Waals surface area (Å²) in [6, 6.07) is 9.75. The maximum Gasteiger partial charge on any atom is 0.145 e. The number of hydrogen-bond donors (Lipinski definition) is 2. The van der Waals surface area contributed by atoms with E-state index in [0.717, 1.165) is 49.5 Å². The molecule has 6 heteroatoms. The maximum absolute atomic E-state index is 5.91. The van der Waals surface area contributed by atoms with Crippen LogP contribution in [0.25, 0.3) is 10.9 Å². The number of nitrogens with one attached hydrogen (secondary N) is 1. The Morgan fingerprint density at radius 1 is 1.24 bits per heavy atom. The van der Waals surface area contributed by atoms with Gasteiger partial charge in [0.25, 0.3) is 0 Å². The molecule has 0 bridgehead atoms. The first-order valence-corrected chi connectivity index (χ1v) is 7.16. The first-order chi connectivity index (χ1) is 10.4. The van der Waals surface area contributed by atoms with E-state index in [1.54, 1.807) is 0 Å². The van der Waals surface area contributed by atoms with Gasteiger partial charge in [0, 0.05) is 25.0 Å². The number of hydrogen-bond acceptors (Lipinski definition) is 6. The summed E-state index contributed by atoms with van der Waals surface area (Å²) in [7, 11) is 0. The van der Waals surface area contributed by atoms with Gasteiger partial charge in [-0.3, -0.25) is 4.90 Å². The number of pyridine rings is 1. The Hall–Kier alpha value is -1.89. The number of rotatable bonds is 5. The van der Waals surface area contributed by atoms with Crippen LogP contribution in [0.4, 0.5) is 5.82 Å². The second-order valence-electron chi connectivity index (χ2n) is 4.97. The van der Waals surface area contributed by atoms with Crippen molar-refractivity contribution in [2.45, 2.75) is 0 Å². The molecule has 0 unspecified atom stereocenters. The molecule has 112 valence electrons. The molecule has 1 aromatic heterocycles. The average Bonchev–Trinajstić information content (AvgIpc) is 2.55. The topological polar surface area (TPSA) is 72.6 Å². The van der Waals surface area contributed by atoms with Gasteiger partial charge in [0.1, 0.15) is 23.7 Å². The molecule has 0 amide bonds. The predicted octanol–water partition coefficient (Wildman–Crippen LogP) is 1.23. The molecule has 6 nitrogen and oxygen atoms in total. The minimum atomic E-state index is 0.631.